The summed E-state index contributed by atoms with van der Waals surface area (Å²) >= 11 is 0. The quantitative estimate of drug-likeness (QED) is 0.243. The lowest BCUT2D eigenvalue weighted by atomic mass is 10.1. The second kappa shape index (κ2) is 15.8. The molecule has 0 spiro atoms. The molecule has 0 fully saturated rings. The molecule has 0 saturated heterocycles. The van der Waals surface area contributed by atoms with Crippen LogP contribution in [0.1, 0.15) is 90.9 Å². The number of nitrogens with zero attached hydrogens (tertiary/aromatic N) is 1. The van der Waals surface area contributed by atoms with Crippen LogP contribution in [0, 0.1) is 0 Å². The summed E-state index contributed by atoms with van der Waals surface area (Å²) in [5.74, 6) is 0. The van der Waals surface area contributed by atoms with E-state index in [4.69, 9.17) is 4.74 Å². The number of hydrogen-bond donors (Lipinski definition) is 0. The molecule has 0 N–H and O–H groups in total. The van der Waals surface area contributed by atoms with Gasteiger partial charge in [-0.3, -0.25) is 0 Å². The van der Waals surface area contributed by atoms with Crippen molar-refractivity contribution in [3.63, 3.8) is 0 Å². The molecular formula is C20H44NO+. The van der Waals surface area contributed by atoms with E-state index >= 15 is 0 Å². The summed E-state index contributed by atoms with van der Waals surface area (Å²) in [4.78, 5) is 0. The van der Waals surface area contributed by atoms with Gasteiger partial charge in [0, 0.05) is 6.61 Å². The third-order valence-electron chi connectivity index (χ3n) is 4.60. The van der Waals surface area contributed by atoms with Crippen molar-refractivity contribution in [1.82, 2.24) is 0 Å². The Hall–Kier alpha value is -0.0800. The van der Waals surface area contributed by atoms with E-state index in [-0.39, 0.29) is 0 Å². The lowest BCUT2D eigenvalue weighted by Crippen LogP contribution is -2.43. The van der Waals surface area contributed by atoms with Gasteiger partial charge < -0.3 is 9.22 Å². The first kappa shape index (κ1) is 21.9. The van der Waals surface area contributed by atoms with Gasteiger partial charge in [0.1, 0.15) is 6.54 Å². The standard InChI is InChI=1S/C20H44NO/c1-5-7-9-10-11-12-13-14-15-16-17-21(3,4)18-20-22-19-8-6-2/h5-20H2,1-4H3/q+1. The van der Waals surface area contributed by atoms with Crippen LogP contribution in [0.3, 0.4) is 0 Å². The molecule has 0 radical (unpaired) electrons. The van der Waals surface area contributed by atoms with E-state index in [1.165, 1.54) is 83.6 Å². The molecule has 0 aliphatic rings. The zero-order valence-corrected chi connectivity index (χ0v) is 16.2. The largest absolute Gasteiger partial charge is 0.376 e. The molecule has 0 aliphatic carbocycles. The van der Waals surface area contributed by atoms with Crippen molar-refractivity contribution in [3.8, 4) is 0 Å². The fourth-order valence-corrected chi connectivity index (χ4v) is 2.80. The molecule has 0 unspecified atom stereocenters. The van der Waals surface area contributed by atoms with E-state index < -0.39 is 0 Å². The molecule has 0 aromatic carbocycles. The molecule has 0 aromatic rings. The van der Waals surface area contributed by atoms with Crippen molar-refractivity contribution in [2.75, 3.05) is 40.4 Å². The van der Waals surface area contributed by atoms with Crippen LogP contribution in [-0.2, 0) is 4.74 Å². The van der Waals surface area contributed by atoms with Crippen molar-refractivity contribution >= 4 is 0 Å². The SMILES string of the molecule is CCCCCCCCCCCC[N+](C)(C)CCOCCCC. The Bertz CT molecular complexity index is 216. The van der Waals surface area contributed by atoms with Gasteiger partial charge >= 0.3 is 0 Å². The molecule has 22 heavy (non-hydrogen) atoms. The first-order valence-electron chi connectivity index (χ1n) is 10.0. The van der Waals surface area contributed by atoms with Crippen LogP contribution in [0.4, 0.5) is 0 Å². The fraction of sp³-hybridized carbons (Fsp3) is 1.00. The molecule has 134 valence electrons. The Balaban J connectivity index is 3.30. The normalized spacial score (nSPS) is 12.0. The molecule has 0 amide bonds. The lowest BCUT2D eigenvalue weighted by molar-refractivity contribution is -0.891. The zero-order chi connectivity index (χ0) is 16.5. The predicted octanol–water partition coefficient (Wildman–Crippen LogP) is 5.80. The van der Waals surface area contributed by atoms with Gasteiger partial charge in [0.2, 0.25) is 0 Å². The molecule has 0 atom stereocenters. The molecule has 2 nitrogen and oxygen atoms in total. The molecule has 0 saturated carbocycles. The van der Waals surface area contributed by atoms with Crippen molar-refractivity contribution in [2.45, 2.75) is 90.9 Å². The average molecular weight is 315 g/mol. The maximum Gasteiger partial charge on any atom is 0.102 e. The summed E-state index contributed by atoms with van der Waals surface area (Å²) in [5.41, 5.74) is 0. The predicted molar refractivity (Wildman–Crippen MR) is 99.4 cm³/mol. The van der Waals surface area contributed by atoms with E-state index in [1.807, 2.05) is 0 Å². The monoisotopic (exact) mass is 314 g/mol. The Labute approximate surface area is 141 Å². The second-order valence-electron chi connectivity index (χ2n) is 7.53. The van der Waals surface area contributed by atoms with Crippen LogP contribution in [0.15, 0.2) is 0 Å². The third kappa shape index (κ3) is 16.3. The van der Waals surface area contributed by atoms with Gasteiger partial charge in [0.15, 0.2) is 0 Å². The van der Waals surface area contributed by atoms with Crippen molar-refractivity contribution in [3.05, 3.63) is 0 Å². The van der Waals surface area contributed by atoms with Crippen LogP contribution in [-0.4, -0.2) is 44.9 Å². The lowest BCUT2D eigenvalue weighted by Gasteiger charge is -2.29. The minimum Gasteiger partial charge on any atom is -0.376 e. The van der Waals surface area contributed by atoms with Gasteiger partial charge in [-0.2, -0.15) is 0 Å². The maximum atomic E-state index is 5.69. The van der Waals surface area contributed by atoms with Crippen LogP contribution in [0.25, 0.3) is 0 Å². The maximum absolute atomic E-state index is 5.69. The topological polar surface area (TPSA) is 9.23 Å². The van der Waals surface area contributed by atoms with Gasteiger partial charge in [0.05, 0.1) is 27.2 Å². The van der Waals surface area contributed by atoms with E-state index in [1.54, 1.807) is 0 Å². The van der Waals surface area contributed by atoms with Crippen LogP contribution in [0.2, 0.25) is 0 Å². The van der Waals surface area contributed by atoms with E-state index in [0.717, 1.165) is 24.2 Å². The smallest absolute Gasteiger partial charge is 0.102 e. The summed E-state index contributed by atoms with van der Waals surface area (Å²) in [6, 6.07) is 0. The van der Waals surface area contributed by atoms with Gasteiger partial charge in [-0.15, -0.1) is 0 Å². The Morgan fingerprint density at radius 3 is 1.59 bits per heavy atom. The minimum absolute atomic E-state index is 0.921. The Kier molecular flexibility index (Phi) is 15.7. The minimum atomic E-state index is 0.921. The molecule has 0 aromatic heterocycles. The Morgan fingerprint density at radius 1 is 0.545 bits per heavy atom. The molecule has 0 bridgehead atoms. The van der Waals surface area contributed by atoms with Crippen LogP contribution < -0.4 is 0 Å². The molecule has 2 heteroatoms. The summed E-state index contributed by atoms with van der Waals surface area (Å²) in [7, 11) is 4.69. The number of unbranched alkanes of at least 4 members (excludes halogenated alkanes) is 10. The van der Waals surface area contributed by atoms with E-state index in [9.17, 15) is 0 Å². The number of hydrogen-bond acceptors (Lipinski definition) is 1. The van der Waals surface area contributed by atoms with Crippen molar-refractivity contribution < 1.29 is 9.22 Å². The van der Waals surface area contributed by atoms with Crippen LogP contribution >= 0.6 is 0 Å². The summed E-state index contributed by atoms with van der Waals surface area (Å²) < 4.78 is 6.81. The van der Waals surface area contributed by atoms with Gasteiger partial charge in [-0.25, -0.2) is 0 Å². The molecule has 0 aliphatic heterocycles. The molecule has 0 heterocycles. The van der Waals surface area contributed by atoms with Crippen molar-refractivity contribution in [1.29, 1.82) is 0 Å². The van der Waals surface area contributed by atoms with Gasteiger partial charge in [-0.1, -0.05) is 71.6 Å². The number of rotatable bonds is 17. The van der Waals surface area contributed by atoms with E-state index in [0.29, 0.717) is 0 Å². The average Bonchev–Trinajstić information content (AvgIpc) is 2.49. The summed E-state index contributed by atoms with van der Waals surface area (Å²) in [6.45, 7) is 8.82. The highest BCUT2D eigenvalue weighted by Gasteiger charge is 2.13. The second-order valence-corrected chi connectivity index (χ2v) is 7.53. The summed E-state index contributed by atoms with van der Waals surface area (Å²) in [6.07, 6.45) is 16.7. The number of ether oxygens (including phenoxy) is 1. The highest BCUT2D eigenvalue weighted by molar-refractivity contribution is 4.48. The highest BCUT2D eigenvalue weighted by atomic mass is 16.5. The number of likely N-dealkylation sites (N-methyl/N-ethyl adjacent to an activating group) is 1. The highest BCUT2D eigenvalue weighted by Crippen LogP contribution is 2.11. The van der Waals surface area contributed by atoms with Gasteiger partial charge in [-0.05, 0) is 19.3 Å². The van der Waals surface area contributed by atoms with Gasteiger partial charge in [0.25, 0.3) is 0 Å². The molecular weight excluding hydrogens is 270 g/mol. The first-order valence-corrected chi connectivity index (χ1v) is 10.0. The first-order chi connectivity index (χ1) is 10.6. The third-order valence-corrected chi connectivity index (χ3v) is 4.60. The van der Waals surface area contributed by atoms with Crippen LogP contribution in [0.5, 0.6) is 0 Å². The zero-order valence-electron chi connectivity index (χ0n) is 16.2. The van der Waals surface area contributed by atoms with Crippen molar-refractivity contribution in [2.24, 2.45) is 0 Å². The molecule has 0 rings (SSSR count). The fourth-order valence-electron chi connectivity index (χ4n) is 2.80. The van der Waals surface area contributed by atoms with E-state index in [2.05, 4.69) is 27.9 Å². The summed E-state index contributed by atoms with van der Waals surface area (Å²) in [5, 5.41) is 0. The number of quaternary nitrogens is 1. The Morgan fingerprint density at radius 2 is 1.05 bits per heavy atom.